The highest BCUT2D eigenvalue weighted by atomic mass is 32.1. The van der Waals surface area contributed by atoms with E-state index in [1.165, 1.54) is 11.3 Å². The Kier molecular flexibility index (Phi) is 2.85. The molecule has 0 amide bonds. The summed E-state index contributed by atoms with van der Waals surface area (Å²) in [5, 5.41) is 13.9. The fraction of sp³-hybridized carbons (Fsp3) is 0.375. The Bertz CT molecular complexity index is 482. The van der Waals surface area contributed by atoms with Crippen LogP contribution in [0.2, 0.25) is 0 Å². The van der Waals surface area contributed by atoms with E-state index in [-0.39, 0.29) is 5.54 Å². The van der Waals surface area contributed by atoms with Gasteiger partial charge in [0.2, 0.25) is 5.13 Å². The smallest absolute Gasteiger partial charge is 0.205 e. The highest BCUT2D eigenvalue weighted by Gasteiger charge is 2.23. The van der Waals surface area contributed by atoms with E-state index in [4.69, 9.17) is 12.2 Å². The van der Waals surface area contributed by atoms with Crippen LogP contribution in [0.1, 0.15) is 18.9 Å². The number of H-pyrrole nitrogens is 1. The Morgan fingerprint density at radius 1 is 1.53 bits per heavy atom. The molecule has 4 nitrogen and oxygen atoms in total. The Hall–Kier alpha value is -0.790. The molecule has 2 rings (SSSR count). The Balaban J connectivity index is 2.21. The molecule has 0 saturated carbocycles. The van der Waals surface area contributed by atoms with E-state index in [1.807, 2.05) is 5.38 Å². The van der Waals surface area contributed by atoms with E-state index in [2.05, 4.69) is 34.3 Å². The van der Waals surface area contributed by atoms with Crippen LogP contribution in [-0.4, -0.2) is 15.2 Å². The molecule has 0 spiro atoms. The summed E-state index contributed by atoms with van der Waals surface area (Å²) in [6.45, 7) is 4.13. The molecule has 0 bridgehead atoms. The Morgan fingerprint density at radius 3 is 2.87 bits per heavy atom. The topological polar surface area (TPSA) is 53.6 Å². The van der Waals surface area contributed by atoms with Crippen LogP contribution in [0, 0.1) is 3.95 Å². The minimum absolute atomic E-state index is 0.221. The number of aromatic amines is 1. The van der Waals surface area contributed by atoms with Crippen molar-refractivity contribution in [3.63, 3.8) is 0 Å². The van der Waals surface area contributed by atoms with Crippen LogP contribution in [0.3, 0.4) is 0 Å². The molecular formula is C8H10N4S3. The normalized spacial score (nSPS) is 11.6. The van der Waals surface area contributed by atoms with Gasteiger partial charge in [0.15, 0.2) is 3.95 Å². The summed E-state index contributed by atoms with van der Waals surface area (Å²) in [6, 6.07) is 0. The van der Waals surface area contributed by atoms with E-state index in [0.717, 1.165) is 10.1 Å². The second-order valence-corrected chi connectivity index (χ2v) is 6.07. The van der Waals surface area contributed by atoms with Crippen LogP contribution in [0.15, 0.2) is 11.6 Å². The molecule has 0 aliphatic rings. The molecule has 0 fully saturated rings. The van der Waals surface area contributed by atoms with Gasteiger partial charge in [0.05, 0.1) is 5.54 Å². The Morgan fingerprint density at radius 2 is 2.33 bits per heavy atom. The molecule has 2 aromatic rings. The first-order valence-electron chi connectivity index (χ1n) is 4.31. The minimum Gasteiger partial charge on any atom is -0.349 e. The standard InChI is InChI=1S/C8H10N4S3/c1-8(2,5-9-3-4-14-5)10-6-11-12-7(13)15-6/h3-4H,1-2H3,(H,10,11)(H,12,13). The van der Waals surface area contributed by atoms with Gasteiger partial charge in [-0.1, -0.05) is 11.3 Å². The Labute approximate surface area is 100 Å². The summed E-state index contributed by atoms with van der Waals surface area (Å²) < 4.78 is 0.674. The van der Waals surface area contributed by atoms with Crippen molar-refractivity contribution >= 4 is 40.0 Å². The zero-order valence-electron chi connectivity index (χ0n) is 8.27. The zero-order chi connectivity index (χ0) is 10.9. The highest BCUT2D eigenvalue weighted by Crippen LogP contribution is 2.27. The molecular weight excluding hydrogens is 248 g/mol. The molecule has 7 heteroatoms. The van der Waals surface area contributed by atoms with Gasteiger partial charge in [0.1, 0.15) is 5.01 Å². The number of nitrogens with zero attached hydrogens (tertiary/aromatic N) is 2. The molecule has 0 aliphatic carbocycles. The number of nitrogens with one attached hydrogen (secondary N) is 2. The molecule has 0 atom stereocenters. The third-order valence-electron chi connectivity index (χ3n) is 1.82. The average molecular weight is 258 g/mol. The molecule has 0 aliphatic heterocycles. The summed E-state index contributed by atoms with van der Waals surface area (Å²) in [4.78, 5) is 4.29. The summed E-state index contributed by atoms with van der Waals surface area (Å²) in [5.41, 5.74) is -0.221. The second-order valence-electron chi connectivity index (χ2n) is 3.51. The van der Waals surface area contributed by atoms with Gasteiger partial charge in [-0.05, 0) is 26.1 Å². The first-order chi connectivity index (χ1) is 7.08. The lowest BCUT2D eigenvalue weighted by molar-refractivity contribution is 0.602. The molecule has 0 aromatic carbocycles. The lowest BCUT2D eigenvalue weighted by Gasteiger charge is -2.22. The number of hydrogen-bond donors (Lipinski definition) is 2. The van der Waals surface area contributed by atoms with Crippen molar-refractivity contribution in [2.45, 2.75) is 19.4 Å². The van der Waals surface area contributed by atoms with Crippen LogP contribution < -0.4 is 5.32 Å². The zero-order valence-corrected chi connectivity index (χ0v) is 10.7. The number of aromatic nitrogens is 3. The monoisotopic (exact) mass is 258 g/mol. The van der Waals surface area contributed by atoms with Gasteiger partial charge in [0, 0.05) is 11.6 Å². The van der Waals surface area contributed by atoms with Crippen LogP contribution in [0.4, 0.5) is 5.13 Å². The summed E-state index contributed by atoms with van der Waals surface area (Å²) in [6.07, 6.45) is 1.80. The minimum atomic E-state index is -0.221. The van der Waals surface area contributed by atoms with Crippen molar-refractivity contribution < 1.29 is 0 Å². The quantitative estimate of drug-likeness (QED) is 0.831. The maximum Gasteiger partial charge on any atom is 0.205 e. The van der Waals surface area contributed by atoms with E-state index in [9.17, 15) is 0 Å². The molecule has 15 heavy (non-hydrogen) atoms. The van der Waals surface area contributed by atoms with Crippen molar-refractivity contribution in [1.82, 2.24) is 15.2 Å². The predicted octanol–water partition coefficient (Wildman–Crippen LogP) is 3.00. The number of thiazole rings is 1. The van der Waals surface area contributed by atoms with E-state index < -0.39 is 0 Å². The van der Waals surface area contributed by atoms with E-state index in [0.29, 0.717) is 3.95 Å². The van der Waals surface area contributed by atoms with E-state index >= 15 is 0 Å². The van der Waals surface area contributed by atoms with Gasteiger partial charge in [0.25, 0.3) is 0 Å². The molecule has 2 N–H and O–H groups in total. The van der Waals surface area contributed by atoms with Crippen molar-refractivity contribution in [3.05, 3.63) is 20.5 Å². The van der Waals surface area contributed by atoms with Crippen molar-refractivity contribution in [1.29, 1.82) is 0 Å². The van der Waals surface area contributed by atoms with E-state index in [1.54, 1.807) is 17.5 Å². The van der Waals surface area contributed by atoms with Gasteiger partial charge >= 0.3 is 0 Å². The highest BCUT2D eigenvalue weighted by molar-refractivity contribution is 7.73. The average Bonchev–Trinajstić information content (AvgIpc) is 2.75. The van der Waals surface area contributed by atoms with Gasteiger partial charge in [-0.25, -0.2) is 4.98 Å². The predicted molar refractivity (Wildman–Crippen MR) is 66.1 cm³/mol. The van der Waals surface area contributed by atoms with Crippen LogP contribution in [0.5, 0.6) is 0 Å². The summed E-state index contributed by atoms with van der Waals surface area (Å²) in [7, 11) is 0. The van der Waals surface area contributed by atoms with Crippen LogP contribution in [0.25, 0.3) is 0 Å². The molecule has 0 radical (unpaired) electrons. The maximum atomic E-state index is 4.97. The van der Waals surface area contributed by atoms with Gasteiger partial charge < -0.3 is 5.32 Å². The van der Waals surface area contributed by atoms with Crippen molar-refractivity contribution in [2.24, 2.45) is 0 Å². The third-order valence-corrected chi connectivity index (χ3v) is 3.93. The lowest BCUT2D eigenvalue weighted by atomic mass is 10.1. The molecule has 80 valence electrons. The number of rotatable bonds is 3. The molecule has 0 saturated heterocycles. The fourth-order valence-electron chi connectivity index (χ4n) is 1.14. The summed E-state index contributed by atoms with van der Waals surface area (Å²) in [5.74, 6) is 0. The molecule has 2 heterocycles. The summed E-state index contributed by atoms with van der Waals surface area (Å²) >= 11 is 8.02. The van der Waals surface area contributed by atoms with Gasteiger partial charge in [-0.15, -0.1) is 16.4 Å². The first-order valence-corrected chi connectivity index (χ1v) is 6.42. The van der Waals surface area contributed by atoms with Crippen LogP contribution in [-0.2, 0) is 5.54 Å². The first kappa shape index (κ1) is 10.7. The van der Waals surface area contributed by atoms with Crippen molar-refractivity contribution in [2.75, 3.05) is 5.32 Å². The maximum absolute atomic E-state index is 4.97. The van der Waals surface area contributed by atoms with Gasteiger partial charge in [-0.2, -0.15) is 0 Å². The third kappa shape index (κ3) is 2.42. The van der Waals surface area contributed by atoms with Crippen molar-refractivity contribution in [3.8, 4) is 0 Å². The second kappa shape index (κ2) is 3.99. The number of anilines is 1. The van der Waals surface area contributed by atoms with Gasteiger partial charge in [-0.3, -0.25) is 5.10 Å². The van der Waals surface area contributed by atoms with Crippen LogP contribution >= 0.6 is 34.9 Å². The number of hydrogen-bond acceptors (Lipinski definition) is 6. The molecule has 0 unspecified atom stereocenters. The fourth-order valence-corrected chi connectivity index (χ4v) is 2.80. The molecule has 2 aromatic heterocycles. The largest absolute Gasteiger partial charge is 0.349 e. The lowest BCUT2D eigenvalue weighted by Crippen LogP contribution is -2.27. The SMILES string of the molecule is CC(C)(Nc1n[nH]c(=S)s1)c1nccs1.